The van der Waals surface area contributed by atoms with Gasteiger partial charge in [-0.05, 0) is 31.7 Å². The molecule has 1 N–H and O–H groups in total. The normalized spacial score (nSPS) is 18.7. The summed E-state index contributed by atoms with van der Waals surface area (Å²) < 4.78 is 63.1. The molecule has 1 aromatic rings. The summed E-state index contributed by atoms with van der Waals surface area (Å²) in [5, 5.41) is 9.25. The van der Waals surface area contributed by atoms with Crippen LogP contribution in [0.25, 0.3) is 0 Å². The van der Waals surface area contributed by atoms with Crippen molar-refractivity contribution in [1.29, 1.82) is 0 Å². The van der Waals surface area contributed by atoms with Gasteiger partial charge in [0.15, 0.2) is 17.4 Å². The molecule has 1 unspecified atom stereocenters. The van der Waals surface area contributed by atoms with Crippen molar-refractivity contribution >= 4 is 15.7 Å². The second-order valence-electron chi connectivity index (χ2n) is 5.95. The number of carbonyl (C=O) groups excluding carboxylic acids is 1. The first-order valence-electron chi connectivity index (χ1n) is 7.47. The first kappa shape index (κ1) is 18.6. The Morgan fingerprint density at radius 3 is 2.58 bits per heavy atom. The zero-order valence-electron chi connectivity index (χ0n) is 13.1. The lowest BCUT2D eigenvalue weighted by molar-refractivity contribution is 0.0602. The second-order valence-corrected chi connectivity index (χ2v) is 8.21. The number of sulfone groups is 1. The molecule has 1 aliphatic heterocycles. The molecule has 1 atom stereocenters. The van der Waals surface area contributed by atoms with Gasteiger partial charge in [0.2, 0.25) is 5.82 Å². The van der Waals surface area contributed by atoms with E-state index in [1.807, 2.05) is 0 Å². The summed E-state index contributed by atoms with van der Waals surface area (Å²) in [5.41, 5.74) is -0.766. The molecule has 1 aliphatic rings. The number of piperidine rings is 1. The third kappa shape index (κ3) is 4.00. The third-order valence-corrected chi connectivity index (χ3v) is 5.05. The van der Waals surface area contributed by atoms with Crippen molar-refractivity contribution in [3.05, 3.63) is 29.1 Å². The number of benzene rings is 1. The summed E-state index contributed by atoms with van der Waals surface area (Å²) in [7, 11) is -3.23. The SMILES string of the molecule is CS(=O)(=O)CCC1CCCCN1C(=O)c1cc(F)c(F)c(O)c1F. The number of nitrogens with zero attached hydrogens (tertiary/aromatic N) is 1. The summed E-state index contributed by atoms with van der Waals surface area (Å²) >= 11 is 0. The molecule has 0 radical (unpaired) electrons. The predicted octanol–water partition coefficient (Wildman–Crippen LogP) is 2.24. The van der Waals surface area contributed by atoms with Crippen LogP contribution in [0, 0.1) is 17.5 Å². The minimum absolute atomic E-state index is 0.132. The van der Waals surface area contributed by atoms with Gasteiger partial charge in [-0.25, -0.2) is 17.2 Å². The summed E-state index contributed by atoms with van der Waals surface area (Å²) in [5.74, 6) is -7.36. The topological polar surface area (TPSA) is 74.7 Å². The van der Waals surface area contributed by atoms with E-state index >= 15 is 0 Å². The van der Waals surface area contributed by atoms with E-state index in [0.29, 0.717) is 18.9 Å². The predicted molar refractivity (Wildman–Crippen MR) is 81.0 cm³/mol. The summed E-state index contributed by atoms with van der Waals surface area (Å²) in [4.78, 5) is 13.8. The summed E-state index contributed by atoms with van der Waals surface area (Å²) in [6.45, 7) is 0.256. The minimum atomic E-state index is -3.23. The van der Waals surface area contributed by atoms with Crippen molar-refractivity contribution in [3.8, 4) is 5.75 Å². The van der Waals surface area contributed by atoms with E-state index in [1.165, 1.54) is 4.90 Å². The molecule has 1 fully saturated rings. The number of carbonyl (C=O) groups is 1. The fraction of sp³-hybridized carbons (Fsp3) is 0.533. The van der Waals surface area contributed by atoms with Gasteiger partial charge in [0.25, 0.3) is 5.91 Å². The number of rotatable bonds is 4. The molecule has 0 saturated carbocycles. The molecule has 1 saturated heterocycles. The lowest BCUT2D eigenvalue weighted by atomic mass is 9.98. The van der Waals surface area contributed by atoms with E-state index in [4.69, 9.17) is 0 Å². The summed E-state index contributed by atoms with van der Waals surface area (Å²) in [6, 6.07) is -0.0229. The van der Waals surface area contributed by atoms with E-state index in [0.717, 1.165) is 12.7 Å². The molecule has 134 valence electrons. The highest BCUT2D eigenvalue weighted by molar-refractivity contribution is 7.90. The molecule has 1 amide bonds. The van der Waals surface area contributed by atoms with Crippen molar-refractivity contribution < 1.29 is 31.5 Å². The molecule has 1 aromatic carbocycles. The monoisotopic (exact) mass is 365 g/mol. The van der Waals surface area contributed by atoms with Gasteiger partial charge in [-0.3, -0.25) is 4.79 Å². The van der Waals surface area contributed by atoms with Crippen molar-refractivity contribution in [2.75, 3.05) is 18.6 Å². The zero-order chi connectivity index (χ0) is 18.1. The molecule has 24 heavy (non-hydrogen) atoms. The van der Waals surface area contributed by atoms with Gasteiger partial charge >= 0.3 is 0 Å². The molecule has 0 aromatic heterocycles. The summed E-state index contributed by atoms with van der Waals surface area (Å²) in [6.07, 6.45) is 3.22. The minimum Gasteiger partial charge on any atom is -0.503 e. The van der Waals surface area contributed by atoms with E-state index < -0.39 is 50.6 Å². The van der Waals surface area contributed by atoms with Crippen molar-refractivity contribution in [3.63, 3.8) is 0 Å². The van der Waals surface area contributed by atoms with Gasteiger partial charge in [0.1, 0.15) is 9.84 Å². The van der Waals surface area contributed by atoms with Gasteiger partial charge in [0.05, 0.1) is 11.3 Å². The van der Waals surface area contributed by atoms with Gasteiger partial charge in [0, 0.05) is 18.8 Å². The Balaban J connectivity index is 2.29. The molecule has 9 heteroatoms. The van der Waals surface area contributed by atoms with Crippen LogP contribution in [-0.4, -0.2) is 48.9 Å². The molecule has 0 aliphatic carbocycles. The Hall–Kier alpha value is -1.77. The average Bonchev–Trinajstić information content (AvgIpc) is 2.53. The lowest BCUT2D eigenvalue weighted by Crippen LogP contribution is -2.44. The van der Waals surface area contributed by atoms with E-state index in [-0.39, 0.29) is 18.7 Å². The Labute approximate surface area is 138 Å². The fourth-order valence-electron chi connectivity index (χ4n) is 2.82. The smallest absolute Gasteiger partial charge is 0.257 e. The zero-order valence-corrected chi connectivity index (χ0v) is 13.9. The molecular weight excluding hydrogens is 347 g/mol. The Bertz CT molecular complexity index is 752. The molecule has 2 rings (SSSR count). The van der Waals surface area contributed by atoms with Crippen LogP contribution in [0.1, 0.15) is 36.0 Å². The maximum Gasteiger partial charge on any atom is 0.257 e. The Morgan fingerprint density at radius 1 is 1.29 bits per heavy atom. The van der Waals surface area contributed by atoms with Gasteiger partial charge in [-0.1, -0.05) is 0 Å². The fourth-order valence-corrected chi connectivity index (χ4v) is 3.52. The quantitative estimate of drug-likeness (QED) is 0.831. The molecule has 0 bridgehead atoms. The van der Waals surface area contributed by atoms with E-state index in [9.17, 15) is 31.5 Å². The maximum atomic E-state index is 14.0. The number of phenols is 1. The van der Waals surface area contributed by atoms with Gasteiger partial charge in [-0.15, -0.1) is 0 Å². The molecule has 1 heterocycles. The highest BCUT2D eigenvalue weighted by Gasteiger charge is 2.31. The van der Waals surface area contributed by atoms with Crippen molar-refractivity contribution in [1.82, 2.24) is 4.90 Å². The number of aromatic hydroxyl groups is 1. The lowest BCUT2D eigenvalue weighted by Gasteiger charge is -2.36. The van der Waals surface area contributed by atoms with E-state index in [1.54, 1.807) is 0 Å². The largest absolute Gasteiger partial charge is 0.503 e. The van der Waals surface area contributed by atoms with Crippen LogP contribution in [0.5, 0.6) is 5.75 Å². The molecular formula is C15H18F3NO4S. The van der Waals surface area contributed by atoms with Crippen LogP contribution in [0.3, 0.4) is 0 Å². The number of amides is 1. The van der Waals surface area contributed by atoms with Crippen molar-refractivity contribution in [2.45, 2.75) is 31.7 Å². The van der Waals surface area contributed by atoms with Crippen LogP contribution in [0.4, 0.5) is 13.2 Å². The van der Waals surface area contributed by atoms with Crippen molar-refractivity contribution in [2.24, 2.45) is 0 Å². The average molecular weight is 365 g/mol. The third-order valence-electron chi connectivity index (χ3n) is 4.07. The standard InChI is InChI=1S/C15H18F3NO4S/c1-24(22,23)7-5-9-4-2-3-6-19(9)15(21)10-8-11(16)13(18)14(20)12(10)17/h8-9,20H,2-7H2,1H3. The van der Waals surface area contributed by atoms with Crippen LogP contribution in [0.15, 0.2) is 6.07 Å². The first-order valence-corrected chi connectivity index (χ1v) is 9.53. The molecule has 0 spiro atoms. The number of phenolic OH excluding ortho intramolecular Hbond substituents is 1. The number of hydrogen-bond acceptors (Lipinski definition) is 4. The number of likely N-dealkylation sites (tertiary alicyclic amines) is 1. The van der Waals surface area contributed by atoms with Gasteiger partial charge in [-0.2, -0.15) is 4.39 Å². The Kier molecular flexibility index (Phi) is 5.42. The number of hydrogen-bond donors (Lipinski definition) is 1. The Morgan fingerprint density at radius 2 is 1.96 bits per heavy atom. The maximum absolute atomic E-state index is 14.0. The van der Waals surface area contributed by atoms with Crippen LogP contribution in [-0.2, 0) is 9.84 Å². The van der Waals surface area contributed by atoms with E-state index in [2.05, 4.69) is 0 Å². The number of halogens is 3. The highest BCUT2D eigenvalue weighted by atomic mass is 32.2. The van der Waals surface area contributed by atoms with Crippen LogP contribution >= 0.6 is 0 Å². The highest BCUT2D eigenvalue weighted by Crippen LogP contribution is 2.29. The van der Waals surface area contributed by atoms with Crippen LogP contribution in [0.2, 0.25) is 0 Å². The second kappa shape index (κ2) is 7.00. The van der Waals surface area contributed by atoms with Gasteiger partial charge < -0.3 is 10.0 Å². The first-order chi connectivity index (χ1) is 11.1. The van der Waals surface area contributed by atoms with Crippen LogP contribution < -0.4 is 0 Å². The molecule has 5 nitrogen and oxygen atoms in total.